The molecule has 0 aliphatic heterocycles. The van der Waals surface area contributed by atoms with Crippen molar-refractivity contribution in [1.29, 1.82) is 0 Å². The smallest absolute Gasteiger partial charge is 0.408 e. The topological polar surface area (TPSA) is 105 Å². The van der Waals surface area contributed by atoms with Gasteiger partial charge in [-0.1, -0.05) is 30.3 Å². The van der Waals surface area contributed by atoms with E-state index in [4.69, 9.17) is 9.84 Å². The molecule has 0 saturated carbocycles. The van der Waals surface area contributed by atoms with Gasteiger partial charge >= 0.3 is 12.1 Å². The van der Waals surface area contributed by atoms with Gasteiger partial charge in [-0.25, -0.2) is 9.59 Å². The molecule has 0 aliphatic carbocycles. The Labute approximate surface area is 115 Å². The fraction of sp³-hybridized carbons (Fsp3) is 0.308. The Balaban J connectivity index is 2.41. The zero-order valence-electron chi connectivity index (χ0n) is 11.0. The fourth-order valence-electron chi connectivity index (χ4n) is 1.35. The number of aliphatic carboxylic acids is 1. The lowest BCUT2D eigenvalue weighted by Gasteiger charge is -2.14. The maximum atomic E-state index is 11.5. The third kappa shape index (κ3) is 5.85. The van der Waals surface area contributed by atoms with Crippen LogP contribution in [0.25, 0.3) is 0 Å². The number of carbonyl (C=O) groups excluding carboxylic acids is 2. The average Bonchev–Trinajstić information content (AvgIpc) is 2.41. The first kappa shape index (κ1) is 15.5. The zero-order chi connectivity index (χ0) is 15.0. The van der Waals surface area contributed by atoms with E-state index >= 15 is 0 Å². The minimum absolute atomic E-state index is 0.0408. The van der Waals surface area contributed by atoms with Crippen molar-refractivity contribution < 1.29 is 24.2 Å². The molecule has 7 nitrogen and oxygen atoms in total. The summed E-state index contributed by atoms with van der Waals surface area (Å²) in [5.74, 6) is -1.63. The summed E-state index contributed by atoms with van der Waals surface area (Å²) < 4.78 is 4.89. The molecular weight excluding hydrogens is 264 g/mol. The van der Waals surface area contributed by atoms with Gasteiger partial charge in [-0.2, -0.15) is 0 Å². The normalized spacial score (nSPS) is 11.2. The van der Waals surface area contributed by atoms with Crippen molar-refractivity contribution in [2.75, 3.05) is 6.54 Å². The van der Waals surface area contributed by atoms with Gasteiger partial charge in [0.15, 0.2) is 0 Å². The molecule has 108 valence electrons. The van der Waals surface area contributed by atoms with Crippen LogP contribution in [0.4, 0.5) is 4.79 Å². The van der Waals surface area contributed by atoms with Crippen LogP contribution in [0.3, 0.4) is 0 Å². The van der Waals surface area contributed by atoms with Gasteiger partial charge in [0.25, 0.3) is 0 Å². The second kappa shape index (κ2) is 7.78. The largest absolute Gasteiger partial charge is 0.480 e. The zero-order valence-corrected chi connectivity index (χ0v) is 11.0. The molecule has 1 rings (SSSR count). The van der Waals surface area contributed by atoms with Crippen LogP contribution < -0.4 is 10.6 Å². The number of carbonyl (C=O) groups is 3. The van der Waals surface area contributed by atoms with Crippen molar-refractivity contribution in [2.24, 2.45) is 0 Å². The van der Waals surface area contributed by atoms with Gasteiger partial charge < -0.3 is 20.5 Å². The number of benzene rings is 1. The number of nitrogens with one attached hydrogen (secondary N) is 2. The van der Waals surface area contributed by atoms with E-state index in [0.29, 0.717) is 0 Å². The quantitative estimate of drug-likeness (QED) is 0.704. The number of alkyl carbamates (subject to hydrolysis) is 1. The lowest BCUT2D eigenvalue weighted by molar-refractivity contribution is -0.139. The fourth-order valence-corrected chi connectivity index (χ4v) is 1.35. The summed E-state index contributed by atoms with van der Waals surface area (Å²) >= 11 is 0. The number of carboxylic acid groups (broad SMARTS) is 1. The molecule has 1 aromatic carbocycles. The van der Waals surface area contributed by atoms with Crippen molar-refractivity contribution in [3.8, 4) is 0 Å². The van der Waals surface area contributed by atoms with E-state index in [1.165, 1.54) is 6.92 Å². The highest BCUT2D eigenvalue weighted by atomic mass is 16.5. The van der Waals surface area contributed by atoms with Crippen LogP contribution >= 0.6 is 0 Å². The second-order valence-corrected chi connectivity index (χ2v) is 4.03. The van der Waals surface area contributed by atoms with Crippen molar-refractivity contribution in [2.45, 2.75) is 19.6 Å². The van der Waals surface area contributed by atoms with Gasteiger partial charge in [-0.05, 0) is 5.56 Å². The Hall–Kier alpha value is -2.57. The molecule has 0 aliphatic rings. The predicted molar refractivity (Wildman–Crippen MR) is 69.9 cm³/mol. The van der Waals surface area contributed by atoms with Gasteiger partial charge in [-0.15, -0.1) is 0 Å². The molecule has 1 unspecified atom stereocenters. The molecular formula is C13H16N2O5. The van der Waals surface area contributed by atoms with E-state index < -0.39 is 18.1 Å². The number of hydrogen-bond acceptors (Lipinski definition) is 4. The van der Waals surface area contributed by atoms with Crippen LogP contribution in [0.5, 0.6) is 0 Å². The second-order valence-electron chi connectivity index (χ2n) is 4.03. The lowest BCUT2D eigenvalue weighted by Crippen LogP contribution is -2.48. The average molecular weight is 280 g/mol. The maximum absolute atomic E-state index is 11.5. The Morgan fingerprint density at radius 3 is 2.45 bits per heavy atom. The molecule has 2 amide bonds. The molecule has 1 aromatic rings. The summed E-state index contributed by atoms with van der Waals surface area (Å²) in [5, 5.41) is 13.4. The van der Waals surface area contributed by atoms with Crippen molar-refractivity contribution in [3.63, 3.8) is 0 Å². The van der Waals surface area contributed by atoms with Crippen molar-refractivity contribution >= 4 is 18.0 Å². The first-order valence-electron chi connectivity index (χ1n) is 5.93. The molecule has 0 bridgehead atoms. The van der Waals surface area contributed by atoms with Gasteiger partial charge in [0.2, 0.25) is 5.91 Å². The van der Waals surface area contributed by atoms with Crippen LogP contribution in [0.1, 0.15) is 12.5 Å². The maximum Gasteiger partial charge on any atom is 0.408 e. The monoisotopic (exact) mass is 280 g/mol. The highest BCUT2D eigenvalue weighted by Gasteiger charge is 2.20. The van der Waals surface area contributed by atoms with E-state index in [1.807, 2.05) is 6.07 Å². The minimum atomic E-state index is -1.25. The molecule has 0 aromatic heterocycles. The van der Waals surface area contributed by atoms with E-state index in [0.717, 1.165) is 5.56 Å². The summed E-state index contributed by atoms with van der Waals surface area (Å²) in [4.78, 5) is 33.1. The lowest BCUT2D eigenvalue weighted by atomic mass is 10.2. The van der Waals surface area contributed by atoms with Crippen LogP contribution in [0.15, 0.2) is 30.3 Å². The van der Waals surface area contributed by atoms with Crippen molar-refractivity contribution in [3.05, 3.63) is 35.9 Å². The van der Waals surface area contributed by atoms with Gasteiger partial charge in [-0.3, -0.25) is 4.79 Å². The molecule has 20 heavy (non-hydrogen) atoms. The van der Waals surface area contributed by atoms with E-state index in [-0.39, 0.29) is 19.1 Å². The summed E-state index contributed by atoms with van der Waals surface area (Å²) in [5.41, 5.74) is 0.788. The molecule has 0 spiro atoms. The van der Waals surface area contributed by atoms with Crippen LogP contribution in [0, 0.1) is 0 Å². The minimum Gasteiger partial charge on any atom is -0.480 e. The van der Waals surface area contributed by atoms with Crippen LogP contribution in [-0.2, 0) is 20.9 Å². The van der Waals surface area contributed by atoms with Crippen LogP contribution in [0.2, 0.25) is 0 Å². The molecule has 1 atom stereocenters. The standard InChI is InChI=1S/C13H16N2O5/c1-9(16)14-7-11(12(17)18)15-13(19)20-8-10-5-3-2-4-6-10/h2-6,11H,7-8H2,1H3,(H,14,16)(H,15,19)(H,17,18). The third-order valence-electron chi connectivity index (χ3n) is 2.36. The number of rotatable bonds is 6. The van der Waals surface area contributed by atoms with Crippen LogP contribution in [-0.4, -0.2) is 35.7 Å². The summed E-state index contributed by atoms with van der Waals surface area (Å²) in [6, 6.07) is 7.75. The first-order chi connectivity index (χ1) is 9.49. The molecule has 3 N–H and O–H groups in total. The Morgan fingerprint density at radius 1 is 1.25 bits per heavy atom. The van der Waals surface area contributed by atoms with E-state index in [2.05, 4.69) is 10.6 Å². The summed E-state index contributed by atoms with van der Waals surface area (Å²) in [7, 11) is 0. The third-order valence-corrected chi connectivity index (χ3v) is 2.36. The SMILES string of the molecule is CC(=O)NCC(NC(=O)OCc1ccccc1)C(=O)O. The molecule has 7 heteroatoms. The highest BCUT2D eigenvalue weighted by molar-refractivity contribution is 5.81. The van der Waals surface area contributed by atoms with Gasteiger partial charge in [0.05, 0.1) is 0 Å². The van der Waals surface area contributed by atoms with Gasteiger partial charge in [0.1, 0.15) is 12.6 Å². The Morgan fingerprint density at radius 2 is 1.90 bits per heavy atom. The van der Waals surface area contributed by atoms with E-state index in [1.54, 1.807) is 24.3 Å². The first-order valence-corrected chi connectivity index (χ1v) is 5.93. The molecule has 0 fully saturated rings. The number of amides is 2. The highest BCUT2D eigenvalue weighted by Crippen LogP contribution is 2.00. The molecule has 0 radical (unpaired) electrons. The molecule has 0 saturated heterocycles. The summed E-state index contributed by atoms with van der Waals surface area (Å²) in [6.45, 7) is 1.09. The number of hydrogen-bond donors (Lipinski definition) is 3. The number of ether oxygens (including phenoxy) is 1. The molecule has 0 heterocycles. The Bertz CT molecular complexity index is 475. The predicted octanol–water partition coefficient (Wildman–Crippen LogP) is 0.502. The number of carboxylic acids is 1. The van der Waals surface area contributed by atoms with Gasteiger partial charge in [0, 0.05) is 13.5 Å². The Kier molecular flexibility index (Phi) is 6.02. The van der Waals surface area contributed by atoms with Crippen molar-refractivity contribution in [1.82, 2.24) is 10.6 Å². The van der Waals surface area contributed by atoms with E-state index in [9.17, 15) is 14.4 Å². The summed E-state index contributed by atoms with van der Waals surface area (Å²) in [6.07, 6.45) is -0.855.